The van der Waals surface area contributed by atoms with Gasteiger partial charge in [0, 0.05) is 39.3 Å². The number of aliphatic imine (C=N–C) groups is 1. The lowest BCUT2D eigenvalue weighted by atomic mass is 10.2. The molecule has 24 heavy (non-hydrogen) atoms. The zero-order valence-electron chi connectivity index (χ0n) is 15.8. The number of piperazine rings is 1. The van der Waals surface area contributed by atoms with E-state index < -0.39 is 10.0 Å². The number of nitrogens with zero attached hydrogens (tertiary/aromatic N) is 3. The fourth-order valence-corrected chi connectivity index (χ4v) is 3.68. The van der Waals surface area contributed by atoms with Gasteiger partial charge in [-0.15, -0.1) is 0 Å². The monoisotopic (exact) mass is 362 g/mol. The minimum absolute atomic E-state index is 0.0483. The highest BCUT2D eigenvalue weighted by Gasteiger charge is 2.27. The molecule has 1 rings (SSSR count). The first-order valence-electron chi connectivity index (χ1n) is 8.89. The molecule has 0 aromatic heterocycles. The maximum atomic E-state index is 12.4. The Kier molecular flexibility index (Phi) is 9.01. The Morgan fingerprint density at radius 1 is 1.17 bits per heavy atom. The molecule has 0 atom stereocenters. The van der Waals surface area contributed by atoms with Crippen molar-refractivity contribution in [1.82, 2.24) is 14.5 Å². The van der Waals surface area contributed by atoms with Gasteiger partial charge in [0.1, 0.15) is 0 Å². The molecule has 8 heteroatoms. The molecule has 0 amide bonds. The number of nitrogens with one attached hydrogen (secondary N) is 1. The largest absolute Gasteiger partial charge is 0.378 e. The molecule has 142 valence electrons. The molecule has 0 aromatic carbocycles. The Morgan fingerprint density at radius 2 is 1.79 bits per heavy atom. The minimum Gasteiger partial charge on any atom is -0.378 e. The molecule has 1 aliphatic heterocycles. The zero-order valence-corrected chi connectivity index (χ0v) is 16.6. The Balaban J connectivity index is 2.56. The molecule has 0 aliphatic carbocycles. The second-order valence-electron chi connectivity index (χ2n) is 6.71. The molecule has 0 bridgehead atoms. The quantitative estimate of drug-likeness (QED) is 0.515. The number of rotatable bonds is 8. The van der Waals surface area contributed by atoms with Gasteiger partial charge in [0.2, 0.25) is 10.0 Å². The van der Waals surface area contributed by atoms with Crippen LogP contribution in [0.25, 0.3) is 0 Å². The average Bonchev–Trinajstić information content (AvgIpc) is 2.51. The van der Waals surface area contributed by atoms with E-state index in [1.807, 2.05) is 20.8 Å². The summed E-state index contributed by atoms with van der Waals surface area (Å²) in [5.74, 6) is 1.43. The van der Waals surface area contributed by atoms with Crippen LogP contribution in [0, 0.1) is 5.92 Å². The minimum atomic E-state index is -3.24. The molecule has 1 aliphatic rings. The van der Waals surface area contributed by atoms with Crippen molar-refractivity contribution in [2.24, 2.45) is 10.9 Å². The summed E-state index contributed by atoms with van der Waals surface area (Å²) in [6.45, 7) is 14.3. The van der Waals surface area contributed by atoms with Gasteiger partial charge in [-0.1, -0.05) is 13.8 Å². The smallest absolute Gasteiger partial charge is 0.216 e. The lowest BCUT2D eigenvalue weighted by molar-refractivity contribution is 0.0904. The lowest BCUT2D eigenvalue weighted by Gasteiger charge is -2.36. The van der Waals surface area contributed by atoms with Crippen molar-refractivity contribution in [1.29, 1.82) is 0 Å². The van der Waals surface area contributed by atoms with E-state index in [-0.39, 0.29) is 18.5 Å². The predicted molar refractivity (Wildman–Crippen MR) is 98.8 cm³/mol. The van der Waals surface area contributed by atoms with Crippen LogP contribution >= 0.6 is 0 Å². The highest BCUT2D eigenvalue weighted by Crippen LogP contribution is 2.09. The molecule has 0 aromatic rings. The Hall–Kier alpha value is -0.860. The van der Waals surface area contributed by atoms with E-state index in [4.69, 9.17) is 4.74 Å². The first-order chi connectivity index (χ1) is 11.3. The van der Waals surface area contributed by atoms with Crippen molar-refractivity contribution in [2.75, 3.05) is 51.6 Å². The Morgan fingerprint density at radius 3 is 2.29 bits per heavy atom. The summed E-state index contributed by atoms with van der Waals surface area (Å²) in [4.78, 5) is 6.78. The van der Waals surface area contributed by atoms with Gasteiger partial charge in [-0.25, -0.2) is 8.42 Å². The third-order valence-corrected chi connectivity index (χ3v) is 5.50. The van der Waals surface area contributed by atoms with Gasteiger partial charge in [-0.2, -0.15) is 4.31 Å². The topological polar surface area (TPSA) is 74.2 Å². The predicted octanol–water partition coefficient (Wildman–Crippen LogP) is 0.980. The second-order valence-corrected chi connectivity index (χ2v) is 8.80. The summed E-state index contributed by atoms with van der Waals surface area (Å²) in [5.41, 5.74) is 0. The summed E-state index contributed by atoms with van der Waals surface area (Å²) in [6.07, 6.45) is 0.0527. The van der Waals surface area contributed by atoms with Crippen LogP contribution in [-0.4, -0.2) is 81.3 Å². The van der Waals surface area contributed by atoms with Gasteiger partial charge in [0.25, 0.3) is 0 Å². The number of hydrogen-bond acceptors (Lipinski definition) is 4. The molecule has 1 fully saturated rings. The zero-order chi connectivity index (χ0) is 18.2. The summed E-state index contributed by atoms with van der Waals surface area (Å²) in [7, 11) is -3.24. The Labute approximate surface area is 147 Å². The molecular formula is C16H34N4O3S. The lowest BCUT2D eigenvalue weighted by Crippen LogP contribution is -2.54. The van der Waals surface area contributed by atoms with Gasteiger partial charge in [0.15, 0.2) is 5.96 Å². The first-order valence-corrected chi connectivity index (χ1v) is 10.5. The van der Waals surface area contributed by atoms with Crippen LogP contribution < -0.4 is 5.32 Å². The third-order valence-electron chi connectivity index (χ3n) is 3.67. The van der Waals surface area contributed by atoms with E-state index >= 15 is 0 Å². The SMILES string of the molecule is CCNC(=NCC(C)C)N1CCN(S(=O)(=O)CCOC(C)C)CC1. The van der Waals surface area contributed by atoms with Gasteiger partial charge < -0.3 is 15.0 Å². The van der Waals surface area contributed by atoms with Crippen molar-refractivity contribution in [3.05, 3.63) is 0 Å². The molecule has 0 unspecified atom stereocenters. The van der Waals surface area contributed by atoms with E-state index in [9.17, 15) is 8.42 Å². The van der Waals surface area contributed by atoms with Gasteiger partial charge >= 0.3 is 0 Å². The molecule has 7 nitrogen and oxygen atoms in total. The molecule has 0 radical (unpaired) electrons. The summed E-state index contributed by atoms with van der Waals surface area (Å²) >= 11 is 0. The van der Waals surface area contributed by atoms with E-state index in [0.717, 1.165) is 19.0 Å². The van der Waals surface area contributed by atoms with Crippen LogP contribution in [0.4, 0.5) is 0 Å². The maximum absolute atomic E-state index is 12.4. The molecule has 0 spiro atoms. The third kappa shape index (κ3) is 7.36. The van der Waals surface area contributed by atoms with Crippen LogP contribution in [0.3, 0.4) is 0 Å². The van der Waals surface area contributed by atoms with E-state index in [1.54, 1.807) is 4.31 Å². The number of hydrogen-bond donors (Lipinski definition) is 1. The Bertz CT molecular complexity index is 484. The fraction of sp³-hybridized carbons (Fsp3) is 0.938. The highest BCUT2D eigenvalue weighted by atomic mass is 32.2. The van der Waals surface area contributed by atoms with Crippen LogP contribution in [0.1, 0.15) is 34.6 Å². The molecule has 1 saturated heterocycles. The average molecular weight is 363 g/mol. The second kappa shape index (κ2) is 10.2. The summed E-state index contributed by atoms with van der Waals surface area (Å²) in [5, 5.41) is 3.30. The summed E-state index contributed by atoms with van der Waals surface area (Å²) in [6, 6.07) is 0. The number of guanidine groups is 1. The van der Waals surface area contributed by atoms with Gasteiger partial charge in [-0.05, 0) is 26.7 Å². The van der Waals surface area contributed by atoms with Crippen molar-refractivity contribution < 1.29 is 13.2 Å². The van der Waals surface area contributed by atoms with E-state index in [2.05, 4.69) is 29.1 Å². The van der Waals surface area contributed by atoms with E-state index in [0.29, 0.717) is 32.1 Å². The maximum Gasteiger partial charge on any atom is 0.216 e. The van der Waals surface area contributed by atoms with Crippen molar-refractivity contribution in [2.45, 2.75) is 40.7 Å². The molecule has 1 heterocycles. The number of ether oxygens (including phenoxy) is 1. The van der Waals surface area contributed by atoms with Gasteiger partial charge in [0.05, 0.1) is 18.5 Å². The fourth-order valence-electron chi connectivity index (χ4n) is 2.39. The highest BCUT2D eigenvalue weighted by molar-refractivity contribution is 7.89. The first kappa shape index (κ1) is 21.2. The normalized spacial score (nSPS) is 17.8. The van der Waals surface area contributed by atoms with Crippen molar-refractivity contribution in [3.8, 4) is 0 Å². The van der Waals surface area contributed by atoms with Gasteiger partial charge in [-0.3, -0.25) is 4.99 Å². The molecule has 1 N–H and O–H groups in total. The van der Waals surface area contributed by atoms with Crippen molar-refractivity contribution >= 4 is 16.0 Å². The van der Waals surface area contributed by atoms with Crippen LogP contribution in [0.15, 0.2) is 4.99 Å². The standard InChI is InChI=1S/C16H34N4O3S/c1-6-17-16(18-13-14(2)3)19-7-9-20(10-8-19)24(21,22)12-11-23-15(4)5/h14-15H,6-13H2,1-5H3,(H,17,18). The van der Waals surface area contributed by atoms with Crippen LogP contribution in [-0.2, 0) is 14.8 Å². The van der Waals surface area contributed by atoms with E-state index in [1.165, 1.54) is 0 Å². The molecular weight excluding hydrogens is 328 g/mol. The summed E-state index contributed by atoms with van der Waals surface area (Å²) < 4.78 is 31.7. The van der Waals surface area contributed by atoms with Crippen molar-refractivity contribution in [3.63, 3.8) is 0 Å². The van der Waals surface area contributed by atoms with Crippen LogP contribution in [0.5, 0.6) is 0 Å². The van der Waals surface area contributed by atoms with Crippen LogP contribution in [0.2, 0.25) is 0 Å². The molecule has 0 saturated carbocycles. The number of sulfonamides is 1.